The van der Waals surface area contributed by atoms with Crippen molar-refractivity contribution < 1.29 is 4.79 Å². The molecule has 0 heterocycles. The molecular weight excluding hydrogens is 244 g/mol. The molecule has 1 unspecified atom stereocenters. The quantitative estimate of drug-likeness (QED) is 0.830. The summed E-state index contributed by atoms with van der Waals surface area (Å²) in [5, 5.41) is 0. The molecule has 0 radical (unpaired) electrons. The average molecular weight is 264 g/mol. The molecule has 1 rings (SSSR count). The van der Waals surface area contributed by atoms with Gasteiger partial charge in [-0.2, -0.15) is 0 Å². The van der Waals surface area contributed by atoms with Crippen molar-refractivity contribution in [1.29, 1.82) is 0 Å². The molecule has 0 fully saturated rings. The van der Waals surface area contributed by atoms with Crippen LogP contribution in [0, 0.1) is 12.8 Å². The second-order valence-corrected chi connectivity index (χ2v) is 5.02. The molecule has 1 atom stereocenters. The van der Waals surface area contributed by atoms with Crippen molar-refractivity contribution in [3.8, 4) is 0 Å². The van der Waals surface area contributed by atoms with E-state index in [0.29, 0.717) is 13.0 Å². The number of hydrogen-bond donors (Lipinski definition) is 1. The van der Waals surface area contributed by atoms with Gasteiger partial charge in [0.2, 0.25) is 5.91 Å². The molecule has 4 heteroatoms. The van der Waals surface area contributed by atoms with Gasteiger partial charge in [-0.05, 0) is 18.9 Å². The van der Waals surface area contributed by atoms with Crippen LogP contribution < -0.4 is 5.73 Å². The minimum Gasteiger partial charge on any atom is -0.393 e. The Hall–Kier alpha value is -1.42. The first-order valence-corrected chi connectivity index (χ1v) is 6.46. The molecule has 1 aromatic rings. The van der Waals surface area contributed by atoms with Crippen LogP contribution in [0.1, 0.15) is 24.5 Å². The van der Waals surface area contributed by atoms with Gasteiger partial charge in [-0.3, -0.25) is 4.79 Å². The molecule has 0 aliphatic heterocycles. The maximum atomic E-state index is 12.2. The van der Waals surface area contributed by atoms with Crippen molar-refractivity contribution in [1.82, 2.24) is 4.90 Å². The van der Waals surface area contributed by atoms with Gasteiger partial charge in [0.1, 0.15) is 0 Å². The zero-order valence-electron chi connectivity index (χ0n) is 11.1. The van der Waals surface area contributed by atoms with Crippen LogP contribution in [0.5, 0.6) is 0 Å². The molecule has 98 valence electrons. The van der Waals surface area contributed by atoms with Crippen molar-refractivity contribution in [2.24, 2.45) is 11.7 Å². The lowest BCUT2D eigenvalue weighted by atomic mass is 10.0. The SMILES string of the molecule is CCC(C(=O)N(C)Cc1cccc(C)c1)C(N)=S. The molecule has 1 aromatic carbocycles. The van der Waals surface area contributed by atoms with E-state index in [9.17, 15) is 4.79 Å². The average Bonchev–Trinajstić information content (AvgIpc) is 2.29. The van der Waals surface area contributed by atoms with Gasteiger partial charge in [-0.1, -0.05) is 49.0 Å². The Balaban J connectivity index is 2.73. The zero-order valence-corrected chi connectivity index (χ0v) is 12.0. The Morgan fingerprint density at radius 2 is 2.17 bits per heavy atom. The van der Waals surface area contributed by atoms with Gasteiger partial charge >= 0.3 is 0 Å². The third-order valence-electron chi connectivity index (χ3n) is 2.93. The molecular formula is C14H20N2OS. The fraction of sp³-hybridized carbons (Fsp3) is 0.429. The Morgan fingerprint density at radius 1 is 1.50 bits per heavy atom. The number of amides is 1. The van der Waals surface area contributed by atoms with E-state index in [-0.39, 0.29) is 16.8 Å². The Labute approximate surface area is 114 Å². The molecule has 1 amide bonds. The highest BCUT2D eigenvalue weighted by molar-refractivity contribution is 7.80. The normalized spacial score (nSPS) is 11.9. The number of carbonyl (C=O) groups is 1. The summed E-state index contributed by atoms with van der Waals surface area (Å²) in [4.78, 5) is 14.1. The summed E-state index contributed by atoms with van der Waals surface area (Å²) in [6.07, 6.45) is 0.645. The van der Waals surface area contributed by atoms with Gasteiger partial charge in [0.05, 0.1) is 10.9 Å². The molecule has 18 heavy (non-hydrogen) atoms. The van der Waals surface area contributed by atoms with Gasteiger partial charge in [-0.25, -0.2) is 0 Å². The van der Waals surface area contributed by atoms with E-state index < -0.39 is 0 Å². The van der Waals surface area contributed by atoms with Gasteiger partial charge in [0, 0.05) is 13.6 Å². The van der Waals surface area contributed by atoms with Crippen LogP contribution in [0.3, 0.4) is 0 Å². The Bertz CT molecular complexity index is 445. The van der Waals surface area contributed by atoms with Crippen LogP contribution >= 0.6 is 12.2 Å². The first-order valence-electron chi connectivity index (χ1n) is 6.05. The van der Waals surface area contributed by atoms with Crippen molar-refractivity contribution in [3.63, 3.8) is 0 Å². The summed E-state index contributed by atoms with van der Waals surface area (Å²) in [6, 6.07) is 8.12. The third-order valence-corrected chi connectivity index (χ3v) is 3.21. The molecule has 0 saturated heterocycles. The van der Waals surface area contributed by atoms with Crippen molar-refractivity contribution >= 4 is 23.1 Å². The van der Waals surface area contributed by atoms with Crippen LogP contribution in [-0.2, 0) is 11.3 Å². The molecule has 0 aromatic heterocycles. The van der Waals surface area contributed by atoms with E-state index in [4.69, 9.17) is 18.0 Å². The highest BCUT2D eigenvalue weighted by Gasteiger charge is 2.22. The Kier molecular flexibility index (Phi) is 5.28. The van der Waals surface area contributed by atoms with Gasteiger partial charge in [0.25, 0.3) is 0 Å². The van der Waals surface area contributed by atoms with E-state index in [1.807, 2.05) is 32.0 Å². The maximum Gasteiger partial charge on any atom is 0.232 e. The second-order valence-electron chi connectivity index (χ2n) is 4.55. The van der Waals surface area contributed by atoms with Gasteiger partial charge in [-0.15, -0.1) is 0 Å². The lowest BCUT2D eigenvalue weighted by molar-refractivity contribution is -0.132. The van der Waals surface area contributed by atoms with Gasteiger partial charge < -0.3 is 10.6 Å². The summed E-state index contributed by atoms with van der Waals surface area (Å²) in [6.45, 7) is 4.54. The summed E-state index contributed by atoms with van der Waals surface area (Å²) in [5.74, 6) is -0.360. The molecule has 3 nitrogen and oxygen atoms in total. The number of benzene rings is 1. The van der Waals surface area contributed by atoms with E-state index >= 15 is 0 Å². The molecule has 0 saturated carbocycles. The molecule has 0 aliphatic carbocycles. The summed E-state index contributed by atoms with van der Waals surface area (Å²) in [5.41, 5.74) is 7.89. The number of nitrogens with two attached hydrogens (primary N) is 1. The standard InChI is InChI=1S/C14H20N2OS/c1-4-12(13(15)18)14(17)16(3)9-11-7-5-6-10(2)8-11/h5-8,12H,4,9H2,1-3H3,(H2,15,18). The fourth-order valence-corrected chi connectivity index (χ4v) is 2.19. The van der Waals surface area contributed by atoms with Crippen LogP contribution in [0.4, 0.5) is 0 Å². The number of carbonyl (C=O) groups excluding carboxylic acids is 1. The summed E-state index contributed by atoms with van der Waals surface area (Å²) in [7, 11) is 1.78. The van der Waals surface area contributed by atoms with E-state index in [0.717, 1.165) is 5.56 Å². The number of hydrogen-bond acceptors (Lipinski definition) is 2. The topological polar surface area (TPSA) is 46.3 Å². The van der Waals surface area contributed by atoms with Crippen LogP contribution in [0.15, 0.2) is 24.3 Å². The molecule has 0 aliphatic rings. The van der Waals surface area contributed by atoms with Crippen LogP contribution in [0.2, 0.25) is 0 Å². The first kappa shape index (κ1) is 14.6. The predicted molar refractivity (Wildman–Crippen MR) is 78.2 cm³/mol. The predicted octanol–water partition coefficient (Wildman–Crippen LogP) is 2.27. The molecule has 2 N–H and O–H groups in total. The number of aryl methyl sites for hydroxylation is 1. The molecule has 0 bridgehead atoms. The van der Waals surface area contributed by atoms with Gasteiger partial charge in [0.15, 0.2) is 0 Å². The van der Waals surface area contributed by atoms with Crippen LogP contribution in [-0.4, -0.2) is 22.8 Å². The number of nitrogens with zero attached hydrogens (tertiary/aromatic N) is 1. The second kappa shape index (κ2) is 6.50. The number of thiocarbonyl (C=S) groups is 1. The largest absolute Gasteiger partial charge is 0.393 e. The smallest absolute Gasteiger partial charge is 0.232 e. The zero-order chi connectivity index (χ0) is 13.7. The Morgan fingerprint density at radius 3 is 2.67 bits per heavy atom. The summed E-state index contributed by atoms with van der Waals surface area (Å²) < 4.78 is 0. The highest BCUT2D eigenvalue weighted by Crippen LogP contribution is 2.11. The molecule has 0 spiro atoms. The third kappa shape index (κ3) is 3.81. The monoisotopic (exact) mass is 264 g/mol. The van der Waals surface area contributed by atoms with E-state index in [1.165, 1.54) is 5.56 Å². The highest BCUT2D eigenvalue weighted by atomic mass is 32.1. The van der Waals surface area contributed by atoms with Crippen molar-refractivity contribution in [2.45, 2.75) is 26.8 Å². The van der Waals surface area contributed by atoms with E-state index in [2.05, 4.69) is 6.07 Å². The first-order chi connectivity index (χ1) is 8.45. The minimum atomic E-state index is -0.352. The van der Waals surface area contributed by atoms with Crippen LogP contribution in [0.25, 0.3) is 0 Å². The van der Waals surface area contributed by atoms with Crippen molar-refractivity contribution in [2.75, 3.05) is 7.05 Å². The van der Waals surface area contributed by atoms with Crippen molar-refractivity contribution in [3.05, 3.63) is 35.4 Å². The maximum absolute atomic E-state index is 12.2. The summed E-state index contributed by atoms with van der Waals surface area (Å²) >= 11 is 4.93. The lowest BCUT2D eigenvalue weighted by Crippen LogP contribution is -2.38. The van der Waals surface area contributed by atoms with E-state index in [1.54, 1.807) is 11.9 Å². The minimum absolute atomic E-state index is 0.00786. The fourth-order valence-electron chi connectivity index (χ4n) is 1.93. The lowest BCUT2D eigenvalue weighted by Gasteiger charge is -2.22. The number of rotatable bonds is 5.